The summed E-state index contributed by atoms with van der Waals surface area (Å²) in [6.45, 7) is 4.56. The third kappa shape index (κ3) is 2.56. The quantitative estimate of drug-likeness (QED) is 0.799. The molecule has 3 heteroatoms. The molecular formula is C11H18N2S. The molecular weight excluding hydrogens is 192 g/mol. The molecule has 1 fully saturated rings. The van der Waals surface area contributed by atoms with Gasteiger partial charge in [-0.1, -0.05) is 6.07 Å². The van der Waals surface area contributed by atoms with Gasteiger partial charge >= 0.3 is 0 Å². The van der Waals surface area contributed by atoms with E-state index in [0.717, 1.165) is 6.54 Å². The summed E-state index contributed by atoms with van der Waals surface area (Å²) >= 11 is 1.84. The van der Waals surface area contributed by atoms with E-state index < -0.39 is 0 Å². The van der Waals surface area contributed by atoms with Crippen molar-refractivity contribution in [2.45, 2.75) is 31.8 Å². The van der Waals surface area contributed by atoms with E-state index in [4.69, 9.17) is 0 Å². The monoisotopic (exact) mass is 210 g/mol. The Balaban J connectivity index is 1.84. The molecule has 2 rings (SSSR count). The zero-order valence-electron chi connectivity index (χ0n) is 8.62. The molecule has 1 aromatic rings. The van der Waals surface area contributed by atoms with Crippen molar-refractivity contribution < 1.29 is 0 Å². The van der Waals surface area contributed by atoms with Gasteiger partial charge in [0.15, 0.2) is 0 Å². The van der Waals surface area contributed by atoms with Crippen LogP contribution in [0, 0.1) is 0 Å². The first-order valence-electron chi connectivity index (χ1n) is 5.36. The molecule has 0 aromatic carbocycles. The van der Waals surface area contributed by atoms with Crippen LogP contribution in [0.3, 0.4) is 0 Å². The molecule has 0 radical (unpaired) electrons. The third-order valence-electron chi connectivity index (χ3n) is 2.75. The lowest BCUT2D eigenvalue weighted by Gasteiger charge is -2.26. The maximum Gasteiger partial charge on any atom is 0.0388 e. The van der Waals surface area contributed by atoms with Crippen molar-refractivity contribution in [3.8, 4) is 0 Å². The fourth-order valence-corrected chi connectivity index (χ4v) is 2.71. The summed E-state index contributed by atoms with van der Waals surface area (Å²) in [4.78, 5) is 1.44. The number of nitrogens with one attached hydrogen (secondary N) is 2. The minimum Gasteiger partial charge on any atom is -0.315 e. The Morgan fingerprint density at radius 2 is 2.57 bits per heavy atom. The van der Waals surface area contributed by atoms with Gasteiger partial charge in [0.2, 0.25) is 0 Å². The third-order valence-corrected chi connectivity index (χ3v) is 3.81. The largest absolute Gasteiger partial charge is 0.315 e. The van der Waals surface area contributed by atoms with Gasteiger partial charge in [-0.05, 0) is 37.8 Å². The summed E-state index contributed by atoms with van der Waals surface area (Å²) < 4.78 is 0. The second kappa shape index (κ2) is 4.91. The van der Waals surface area contributed by atoms with Crippen molar-refractivity contribution >= 4 is 11.3 Å². The molecule has 1 saturated heterocycles. The van der Waals surface area contributed by atoms with E-state index in [1.54, 1.807) is 0 Å². The van der Waals surface area contributed by atoms with Crippen LogP contribution in [-0.2, 0) is 0 Å². The summed E-state index contributed by atoms with van der Waals surface area (Å²) in [5.74, 6) is 0. The fourth-order valence-electron chi connectivity index (χ4n) is 1.97. The maximum atomic E-state index is 3.67. The van der Waals surface area contributed by atoms with Crippen molar-refractivity contribution in [3.05, 3.63) is 22.4 Å². The van der Waals surface area contributed by atoms with E-state index in [2.05, 4.69) is 35.1 Å². The van der Waals surface area contributed by atoms with Crippen LogP contribution < -0.4 is 10.6 Å². The van der Waals surface area contributed by atoms with Crippen LogP contribution in [-0.4, -0.2) is 19.1 Å². The molecule has 0 bridgehead atoms. The molecule has 0 amide bonds. The molecule has 2 N–H and O–H groups in total. The van der Waals surface area contributed by atoms with E-state index in [-0.39, 0.29) is 0 Å². The van der Waals surface area contributed by atoms with E-state index in [1.807, 2.05) is 11.3 Å². The molecule has 1 aromatic heterocycles. The Morgan fingerprint density at radius 1 is 1.64 bits per heavy atom. The molecule has 2 atom stereocenters. The average molecular weight is 210 g/mol. The van der Waals surface area contributed by atoms with E-state index in [0.29, 0.717) is 12.1 Å². The topological polar surface area (TPSA) is 24.1 Å². The molecule has 2 heterocycles. The standard InChI is InChI=1S/C11H18N2S/c1-9(11-5-3-7-14-11)13-10-4-2-6-12-8-10/h3,5,7,9-10,12-13H,2,4,6,8H2,1H3/t9-,10+/m0/s1. The van der Waals surface area contributed by atoms with Crippen molar-refractivity contribution in [1.82, 2.24) is 10.6 Å². The average Bonchev–Trinajstić information content (AvgIpc) is 2.72. The highest BCUT2D eigenvalue weighted by Gasteiger charge is 2.15. The Labute approximate surface area is 89.7 Å². The first-order valence-corrected chi connectivity index (χ1v) is 6.24. The lowest BCUT2D eigenvalue weighted by Crippen LogP contribution is -2.43. The van der Waals surface area contributed by atoms with Crippen molar-refractivity contribution in [3.63, 3.8) is 0 Å². The highest BCUT2D eigenvalue weighted by atomic mass is 32.1. The smallest absolute Gasteiger partial charge is 0.0388 e. The van der Waals surface area contributed by atoms with Gasteiger partial charge in [0.05, 0.1) is 0 Å². The van der Waals surface area contributed by atoms with Crippen LogP contribution in [0.4, 0.5) is 0 Å². The molecule has 1 aliphatic heterocycles. The lowest BCUT2D eigenvalue weighted by molar-refractivity contribution is 0.364. The maximum absolute atomic E-state index is 3.67. The molecule has 78 valence electrons. The Morgan fingerprint density at radius 3 is 3.21 bits per heavy atom. The second-order valence-electron chi connectivity index (χ2n) is 3.95. The second-order valence-corrected chi connectivity index (χ2v) is 4.93. The van der Waals surface area contributed by atoms with E-state index in [9.17, 15) is 0 Å². The van der Waals surface area contributed by atoms with E-state index in [1.165, 1.54) is 24.3 Å². The number of rotatable bonds is 3. The first kappa shape index (κ1) is 10.1. The molecule has 14 heavy (non-hydrogen) atoms. The number of thiophene rings is 1. The van der Waals surface area contributed by atoms with Crippen LogP contribution in [0.25, 0.3) is 0 Å². The van der Waals surface area contributed by atoms with Gasteiger partial charge in [0.1, 0.15) is 0 Å². The van der Waals surface area contributed by atoms with Crippen molar-refractivity contribution in [1.29, 1.82) is 0 Å². The molecule has 0 saturated carbocycles. The van der Waals surface area contributed by atoms with Gasteiger partial charge in [-0.25, -0.2) is 0 Å². The van der Waals surface area contributed by atoms with Crippen molar-refractivity contribution in [2.24, 2.45) is 0 Å². The molecule has 2 nitrogen and oxygen atoms in total. The van der Waals surface area contributed by atoms with Crippen LogP contribution in [0.15, 0.2) is 17.5 Å². The Hall–Kier alpha value is -0.380. The van der Waals surface area contributed by atoms with Gasteiger partial charge in [0, 0.05) is 23.5 Å². The number of hydrogen-bond donors (Lipinski definition) is 2. The normalized spacial score (nSPS) is 24.8. The highest BCUT2D eigenvalue weighted by Crippen LogP contribution is 2.19. The predicted molar refractivity (Wildman–Crippen MR) is 61.8 cm³/mol. The predicted octanol–water partition coefficient (Wildman–Crippen LogP) is 2.15. The van der Waals surface area contributed by atoms with Gasteiger partial charge in [-0.2, -0.15) is 0 Å². The van der Waals surface area contributed by atoms with Crippen molar-refractivity contribution in [2.75, 3.05) is 13.1 Å². The summed E-state index contributed by atoms with van der Waals surface area (Å²) in [6.07, 6.45) is 2.61. The highest BCUT2D eigenvalue weighted by molar-refractivity contribution is 7.10. The van der Waals surface area contributed by atoms with Crippen LogP contribution >= 0.6 is 11.3 Å². The van der Waals surface area contributed by atoms with Gasteiger partial charge in [-0.15, -0.1) is 11.3 Å². The van der Waals surface area contributed by atoms with Gasteiger partial charge in [-0.3, -0.25) is 0 Å². The minimum absolute atomic E-state index is 0.500. The van der Waals surface area contributed by atoms with Crippen LogP contribution in [0.1, 0.15) is 30.7 Å². The molecule has 0 spiro atoms. The molecule has 0 aliphatic carbocycles. The van der Waals surface area contributed by atoms with E-state index >= 15 is 0 Å². The number of piperidine rings is 1. The summed E-state index contributed by atoms with van der Waals surface area (Å²) in [5.41, 5.74) is 0. The SMILES string of the molecule is C[C@H](N[C@@H]1CCCNC1)c1cccs1. The zero-order valence-corrected chi connectivity index (χ0v) is 9.44. The zero-order chi connectivity index (χ0) is 9.80. The molecule has 0 unspecified atom stereocenters. The summed E-state index contributed by atoms with van der Waals surface area (Å²) in [5, 5.41) is 9.24. The summed E-state index contributed by atoms with van der Waals surface area (Å²) in [7, 11) is 0. The lowest BCUT2D eigenvalue weighted by atomic mass is 10.1. The summed E-state index contributed by atoms with van der Waals surface area (Å²) in [6, 6.07) is 5.48. The first-order chi connectivity index (χ1) is 6.86. The minimum atomic E-state index is 0.500. The Kier molecular flexibility index (Phi) is 3.56. The molecule has 1 aliphatic rings. The van der Waals surface area contributed by atoms with Gasteiger partial charge < -0.3 is 10.6 Å². The Bertz CT molecular complexity index is 252. The fraction of sp³-hybridized carbons (Fsp3) is 0.636. The number of hydrogen-bond acceptors (Lipinski definition) is 3. The van der Waals surface area contributed by atoms with Crippen LogP contribution in [0.5, 0.6) is 0 Å². The van der Waals surface area contributed by atoms with Crippen LogP contribution in [0.2, 0.25) is 0 Å². The van der Waals surface area contributed by atoms with Gasteiger partial charge in [0.25, 0.3) is 0 Å².